The molecule has 0 unspecified atom stereocenters. The van der Waals surface area contributed by atoms with E-state index in [1.807, 2.05) is 0 Å². The molecule has 23 heavy (non-hydrogen) atoms. The van der Waals surface area contributed by atoms with Gasteiger partial charge in [0.1, 0.15) is 0 Å². The van der Waals surface area contributed by atoms with E-state index in [0.717, 1.165) is 11.8 Å². The number of allylic oxidation sites excluding steroid dienone is 8. The van der Waals surface area contributed by atoms with Crippen LogP contribution < -0.4 is 0 Å². The molecule has 0 spiro atoms. The minimum absolute atomic E-state index is 0.556. The van der Waals surface area contributed by atoms with Crippen LogP contribution in [0.5, 0.6) is 0 Å². The van der Waals surface area contributed by atoms with Crippen LogP contribution in [0.1, 0.15) is 64.2 Å². The maximum absolute atomic E-state index is 4.89. The van der Waals surface area contributed by atoms with Gasteiger partial charge in [0.25, 0.3) is 0 Å². The third-order valence-electron chi connectivity index (χ3n) is 5.85. The zero-order chi connectivity index (χ0) is 16.1. The molecule has 0 saturated heterocycles. The van der Waals surface area contributed by atoms with Crippen molar-refractivity contribution in [2.24, 2.45) is 11.8 Å². The molecule has 0 nitrogen and oxygen atoms in total. The van der Waals surface area contributed by atoms with Crippen LogP contribution in [0.2, 0.25) is 0 Å². The predicted molar refractivity (Wildman–Crippen MR) is 97.2 cm³/mol. The van der Waals surface area contributed by atoms with Gasteiger partial charge in [-0.2, -0.15) is 0 Å². The fourth-order valence-electron chi connectivity index (χ4n) is 4.73. The Kier molecular flexibility index (Phi) is 7.14. The molecule has 124 valence electrons. The second-order valence-corrected chi connectivity index (χ2v) is 9.67. The summed E-state index contributed by atoms with van der Waals surface area (Å²) in [7, 11) is 9.78. The zero-order valence-corrected chi connectivity index (χ0v) is 16.9. The summed E-state index contributed by atoms with van der Waals surface area (Å²) in [4.78, 5) is 0. The molecule has 0 aromatic carbocycles. The van der Waals surface area contributed by atoms with E-state index in [1.165, 1.54) is 64.2 Å². The molecule has 0 radical (unpaired) electrons. The molecule has 0 saturated carbocycles. The van der Waals surface area contributed by atoms with E-state index in [-0.39, 0.29) is 0 Å². The molecule has 4 aliphatic carbocycles. The monoisotopic (exact) mass is 384 g/mol. The Morgan fingerprint density at radius 3 is 1.57 bits per heavy atom. The average Bonchev–Trinajstić information content (AvgIpc) is 3.18. The molecular formula is C20H26Cl2Ti. The average molecular weight is 385 g/mol. The van der Waals surface area contributed by atoms with E-state index >= 15 is 0 Å². The van der Waals surface area contributed by atoms with Crippen molar-refractivity contribution in [3.05, 3.63) is 46.6 Å². The number of hydrogen-bond donors (Lipinski definition) is 0. The molecule has 0 fully saturated rings. The van der Waals surface area contributed by atoms with Gasteiger partial charge in [-0.05, 0) is 87.2 Å². The summed E-state index contributed by atoms with van der Waals surface area (Å²) in [6.45, 7) is 0. The summed E-state index contributed by atoms with van der Waals surface area (Å²) in [5, 5.41) is 0. The van der Waals surface area contributed by atoms with Crippen LogP contribution in [0, 0.1) is 11.8 Å². The number of halogens is 2. The molecular weight excluding hydrogens is 359 g/mol. The SMILES string of the molecule is C1=C[C@@H](CC[C@@H]2C=CC3=C2CCCC3)C2=C1CCCC2.[Cl][Ti][Cl]. The van der Waals surface area contributed by atoms with Gasteiger partial charge in [0.05, 0.1) is 0 Å². The van der Waals surface area contributed by atoms with E-state index in [9.17, 15) is 0 Å². The molecule has 0 aliphatic heterocycles. The fourth-order valence-corrected chi connectivity index (χ4v) is 4.73. The van der Waals surface area contributed by atoms with Gasteiger partial charge < -0.3 is 0 Å². The van der Waals surface area contributed by atoms with Gasteiger partial charge >= 0.3 is 35.6 Å². The first kappa shape index (κ1) is 18.1. The topological polar surface area (TPSA) is 0 Å². The third-order valence-corrected chi connectivity index (χ3v) is 5.85. The van der Waals surface area contributed by atoms with E-state index in [1.54, 1.807) is 22.3 Å². The molecule has 2 atom stereocenters. The third kappa shape index (κ3) is 4.46. The van der Waals surface area contributed by atoms with Crippen LogP contribution in [0.25, 0.3) is 0 Å². The Labute approximate surface area is 157 Å². The molecule has 0 aromatic heterocycles. The quantitative estimate of drug-likeness (QED) is 0.449. The molecule has 0 heterocycles. The first-order chi connectivity index (χ1) is 11.3. The Morgan fingerprint density at radius 1 is 0.739 bits per heavy atom. The van der Waals surface area contributed by atoms with Gasteiger partial charge in [0.2, 0.25) is 0 Å². The van der Waals surface area contributed by atoms with Crippen molar-refractivity contribution in [3.8, 4) is 0 Å². The molecule has 0 amide bonds. The summed E-state index contributed by atoms with van der Waals surface area (Å²) < 4.78 is 0. The first-order valence-electron chi connectivity index (χ1n) is 9.10. The van der Waals surface area contributed by atoms with Gasteiger partial charge in [0, 0.05) is 0 Å². The van der Waals surface area contributed by atoms with Crippen LogP contribution >= 0.6 is 18.6 Å². The van der Waals surface area contributed by atoms with Gasteiger partial charge in [-0.15, -0.1) is 0 Å². The van der Waals surface area contributed by atoms with Crippen LogP contribution in [-0.4, -0.2) is 0 Å². The summed E-state index contributed by atoms with van der Waals surface area (Å²) in [6, 6.07) is 0. The second-order valence-electron chi connectivity index (χ2n) is 7.10. The molecule has 4 rings (SSSR count). The van der Waals surface area contributed by atoms with Gasteiger partial charge in [-0.3, -0.25) is 0 Å². The van der Waals surface area contributed by atoms with E-state index < -0.39 is 17.0 Å². The van der Waals surface area contributed by atoms with Crippen molar-refractivity contribution < 1.29 is 17.0 Å². The van der Waals surface area contributed by atoms with Gasteiger partial charge in [-0.1, -0.05) is 35.5 Å². The number of hydrogen-bond acceptors (Lipinski definition) is 0. The molecule has 0 aromatic rings. The van der Waals surface area contributed by atoms with Crippen LogP contribution in [-0.2, 0) is 17.0 Å². The molecule has 0 N–H and O–H groups in total. The summed E-state index contributed by atoms with van der Waals surface area (Å²) in [5.41, 5.74) is 6.99. The van der Waals surface area contributed by atoms with Crippen molar-refractivity contribution >= 4 is 18.6 Å². The Bertz CT molecular complexity index is 494. The van der Waals surface area contributed by atoms with Gasteiger partial charge in [0.15, 0.2) is 0 Å². The first-order valence-corrected chi connectivity index (χ1v) is 13.4. The second kappa shape index (κ2) is 9.09. The van der Waals surface area contributed by atoms with Crippen molar-refractivity contribution in [3.63, 3.8) is 0 Å². The number of rotatable bonds is 3. The van der Waals surface area contributed by atoms with E-state index in [4.69, 9.17) is 18.6 Å². The summed E-state index contributed by atoms with van der Waals surface area (Å²) in [5.74, 6) is 1.57. The fraction of sp³-hybridized carbons (Fsp3) is 0.600. The summed E-state index contributed by atoms with van der Waals surface area (Å²) >= 11 is -0.556. The minimum atomic E-state index is -0.556. The van der Waals surface area contributed by atoms with Crippen molar-refractivity contribution in [2.75, 3.05) is 0 Å². The normalized spacial score (nSPS) is 28.4. The maximum atomic E-state index is 4.89. The van der Waals surface area contributed by atoms with Crippen LogP contribution in [0.3, 0.4) is 0 Å². The van der Waals surface area contributed by atoms with E-state index in [0.29, 0.717) is 0 Å². The van der Waals surface area contributed by atoms with Gasteiger partial charge in [-0.25, -0.2) is 0 Å². The van der Waals surface area contributed by atoms with E-state index in [2.05, 4.69) is 24.3 Å². The molecule has 3 heteroatoms. The Morgan fingerprint density at radius 2 is 1.13 bits per heavy atom. The molecule has 4 aliphatic rings. The standard InChI is InChI=1S/C20H26.2ClH.Ti/c1-3-7-19-15(5-1)9-11-17(19)13-14-18-12-10-16-6-2-4-8-20(16)18;;;/h9-12,17-18H,1-8,13-14H2;2*1H;/q;;;+2/p-2/t17-,18-;;;/m0.../s1. The van der Waals surface area contributed by atoms with Crippen molar-refractivity contribution in [1.29, 1.82) is 0 Å². The predicted octanol–water partition coefficient (Wildman–Crippen LogP) is 7.26. The molecule has 0 bridgehead atoms. The van der Waals surface area contributed by atoms with Crippen LogP contribution in [0.4, 0.5) is 0 Å². The van der Waals surface area contributed by atoms with Crippen molar-refractivity contribution in [2.45, 2.75) is 64.2 Å². The zero-order valence-electron chi connectivity index (χ0n) is 13.8. The Hall–Kier alpha value is 0.254. The van der Waals surface area contributed by atoms with Crippen LogP contribution in [0.15, 0.2) is 46.6 Å². The summed E-state index contributed by atoms with van der Waals surface area (Å²) in [6.07, 6.45) is 23.8. The Balaban J connectivity index is 0.000000485. The van der Waals surface area contributed by atoms with Crippen molar-refractivity contribution in [1.82, 2.24) is 0 Å².